The Morgan fingerprint density at radius 1 is 0.389 bits per heavy atom. The fourth-order valence-corrected chi connectivity index (χ4v) is 7.11. The maximum atomic E-state index is 11.9. The number of benzene rings is 6. The van der Waals surface area contributed by atoms with Gasteiger partial charge in [-0.05, 0) is 157 Å². The molecule has 0 amide bonds. The van der Waals surface area contributed by atoms with E-state index in [1.54, 1.807) is 48.6 Å². The molecule has 0 aliphatic heterocycles. The van der Waals surface area contributed by atoms with Crippen molar-refractivity contribution in [3.63, 3.8) is 0 Å². The predicted octanol–water partition coefficient (Wildman–Crippen LogP) is 23.0. The molecule has 2 aliphatic carbocycles. The molecule has 0 unspecified atom stereocenters. The first-order chi connectivity index (χ1) is 43.0. The van der Waals surface area contributed by atoms with Gasteiger partial charge >= 0.3 is 117 Å². The van der Waals surface area contributed by atoms with Gasteiger partial charge in [0.05, 0.1) is 34.6 Å². The van der Waals surface area contributed by atoms with Crippen LogP contribution >= 0.6 is 38.8 Å². The number of likely N-dealkylation sites (N-methyl/N-ethyl adjacent to an activating group) is 2. The van der Waals surface area contributed by atoms with Crippen LogP contribution in [0.2, 0.25) is 10.0 Å². The van der Waals surface area contributed by atoms with Crippen LogP contribution in [0.3, 0.4) is 0 Å². The molecular weight excluding hydrogens is 1480 g/mol. The number of azo groups is 2. The van der Waals surface area contributed by atoms with Crippen LogP contribution in [-0.4, -0.2) is 40.4 Å². The number of hydrogen-bond acceptors (Lipinski definition) is 12. The zero-order valence-electron chi connectivity index (χ0n) is 49.5. The molecule has 0 atom stereocenters. The summed E-state index contributed by atoms with van der Waals surface area (Å²) in [6.07, 6.45) is 14.2. The topological polar surface area (TPSA) is 139 Å². The summed E-state index contributed by atoms with van der Waals surface area (Å²) in [7, 11) is -17.4. The largest absolute Gasteiger partial charge is 2.00 e. The number of hydrogen-bond donors (Lipinski definition) is 0. The Balaban J connectivity index is 0.000000467. The van der Waals surface area contributed by atoms with Crippen LogP contribution in [0.5, 0.6) is 23.0 Å². The van der Waals surface area contributed by atoms with E-state index in [-0.39, 0.29) is 63.1 Å². The second-order valence-electron chi connectivity index (χ2n) is 18.8. The summed E-state index contributed by atoms with van der Waals surface area (Å²) in [5.74, 6) is 2.22. The average Bonchev–Trinajstić information content (AvgIpc) is 1.25. The molecule has 95 heavy (non-hydrogen) atoms. The van der Waals surface area contributed by atoms with E-state index in [0.29, 0.717) is 70.5 Å². The van der Waals surface area contributed by atoms with Gasteiger partial charge in [-0.15, -0.1) is 0 Å². The van der Waals surface area contributed by atoms with Crippen molar-refractivity contribution in [3.8, 4) is 23.0 Å². The number of anilines is 2. The SMILES string of the molecule is CN(CCOC([O-])=C1C=CC=C1)c1ccc(N=Nc2ccc(Oc3ccc(Cl)cc3)cc2)cc1.CN(CCOC([O-])=C1C=CC=C1)c1ccc(N=Nc2ccc(Oc3ccc(Cl)cc3)cc2)cc1.F[P-](F)(F)(F)(F)F.F[P-](F)(F)(F)(F)F.[Fe+2].[Fe+2].[Fe+2].c1cc[cH-]c1.c1cc[cH-]c1. The van der Waals surface area contributed by atoms with Crippen LogP contribution < -0.4 is 29.5 Å². The van der Waals surface area contributed by atoms with E-state index in [9.17, 15) is 60.6 Å². The second-order valence-corrected chi connectivity index (χ2v) is 23.5. The van der Waals surface area contributed by atoms with Gasteiger partial charge in [-0.2, -0.15) is 56.9 Å². The van der Waals surface area contributed by atoms with Crippen molar-refractivity contribution in [1.29, 1.82) is 0 Å². The third kappa shape index (κ3) is 40.9. The zero-order valence-corrected chi connectivity index (χ0v) is 56.1. The van der Waals surface area contributed by atoms with E-state index in [1.807, 2.05) is 230 Å². The van der Waals surface area contributed by atoms with E-state index in [0.717, 1.165) is 34.1 Å². The minimum absolute atomic E-state index is 0. The third-order valence-corrected chi connectivity index (χ3v) is 11.6. The number of allylic oxidation sites excluding steroid dienone is 10. The van der Waals surface area contributed by atoms with Crippen molar-refractivity contribution in [2.24, 2.45) is 20.5 Å². The Morgan fingerprint density at radius 2 is 0.611 bits per heavy atom. The van der Waals surface area contributed by atoms with Crippen LogP contribution in [0.25, 0.3) is 0 Å². The molecule has 0 radical (unpaired) electrons. The van der Waals surface area contributed by atoms with E-state index in [4.69, 9.17) is 42.1 Å². The van der Waals surface area contributed by atoms with Gasteiger partial charge in [0.15, 0.2) is 0 Å². The Bertz CT molecular complexity index is 3470. The first-order valence-electron chi connectivity index (χ1n) is 26.8. The normalized spacial score (nSPS) is 13.1. The van der Waals surface area contributed by atoms with Gasteiger partial charge in [0.2, 0.25) is 0 Å². The summed E-state index contributed by atoms with van der Waals surface area (Å²) in [4.78, 5) is 4.03. The van der Waals surface area contributed by atoms with Crippen molar-refractivity contribution in [1.82, 2.24) is 0 Å². The van der Waals surface area contributed by atoms with Gasteiger partial charge < -0.3 is 39.0 Å². The summed E-state index contributed by atoms with van der Waals surface area (Å²) < 4.78 is 141. The minimum atomic E-state index is -10.7. The molecule has 10 rings (SSSR count). The molecule has 31 heteroatoms. The van der Waals surface area contributed by atoms with Crippen LogP contribution in [0, 0.1) is 0 Å². The molecule has 0 saturated heterocycles. The van der Waals surface area contributed by atoms with Crippen LogP contribution in [0.15, 0.2) is 298 Å². The van der Waals surface area contributed by atoms with E-state index >= 15 is 0 Å². The van der Waals surface area contributed by atoms with Crippen molar-refractivity contribution in [2.45, 2.75) is 0 Å². The number of halogens is 14. The number of nitrogens with zero attached hydrogens (tertiary/aromatic N) is 6. The smallest absolute Gasteiger partial charge is 0.214 e. The van der Waals surface area contributed by atoms with Gasteiger partial charge in [0.1, 0.15) is 23.0 Å². The fourth-order valence-electron chi connectivity index (χ4n) is 6.85. The minimum Gasteiger partial charge on any atom is -0.214 e. The number of ether oxygens (including phenoxy) is 4. The molecular formula is C64H56Cl2F12Fe3N6O6P2. The molecule has 0 N–H and O–H groups in total. The van der Waals surface area contributed by atoms with Gasteiger partial charge in [-0.1, -0.05) is 71.8 Å². The van der Waals surface area contributed by atoms with Gasteiger partial charge in [-0.25, -0.2) is 24.3 Å². The first kappa shape index (κ1) is 83.3. The Kier molecular flexibility index (Phi) is 32.4. The van der Waals surface area contributed by atoms with E-state index in [2.05, 4.69) is 20.5 Å². The summed E-state index contributed by atoms with van der Waals surface area (Å²) >= 11 is 11.8. The molecule has 0 fully saturated rings. The Hall–Kier alpha value is -7.78. The number of rotatable bonds is 18. The monoisotopic (exact) mass is 1530 g/mol. The maximum absolute atomic E-state index is 11.9. The first-order valence-corrected chi connectivity index (χ1v) is 31.6. The van der Waals surface area contributed by atoms with Gasteiger partial charge in [-0.3, -0.25) is 0 Å². The summed E-state index contributed by atoms with van der Waals surface area (Å²) in [6.45, 7) is 1.77. The molecule has 510 valence electrons. The fraction of sp³-hybridized carbons (Fsp3) is 0.0938. The molecule has 12 nitrogen and oxygen atoms in total. The van der Waals surface area contributed by atoms with Crippen LogP contribution in [0.4, 0.5) is 84.5 Å². The van der Waals surface area contributed by atoms with Crippen molar-refractivity contribution >= 4 is 72.9 Å². The molecule has 8 aromatic rings. The average molecular weight is 1530 g/mol. The molecule has 0 saturated carbocycles. The Labute approximate surface area is 581 Å². The molecule has 0 bridgehead atoms. The third-order valence-electron chi connectivity index (χ3n) is 11.1. The molecule has 0 spiro atoms. The van der Waals surface area contributed by atoms with Gasteiger partial charge in [0, 0.05) is 61.8 Å². The summed E-state index contributed by atoms with van der Waals surface area (Å²) in [6, 6.07) is 64.5. The summed E-state index contributed by atoms with van der Waals surface area (Å²) in [5.41, 5.74) is 6.04. The molecule has 0 aromatic heterocycles. The summed E-state index contributed by atoms with van der Waals surface area (Å²) in [5, 5.41) is 42.3. The second kappa shape index (κ2) is 36.9. The van der Waals surface area contributed by atoms with Gasteiger partial charge in [0.25, 0.3) is 0 Å². The molecule has 2 aliphatic rings. The van der Waals surface area contributed by atoms with Crippen molar-refractivity contribution < 1.29 is 131 Å². The van der Waals surface area contributed by atoms with Crippen molar-refractivity contribution in [2.75, 3.05) is 50.2 Å². The maximum Gasteiger partial charge on any atom is 2.00 e. The van der Waals surface area contributed by atoms with Crippen LogP contribution in [0.1, 0.15) is 0 Å². The predicted molar refractivity (Wildman–Crippen MR) is 337 cm³/mol. The van der Waals surface area contributed by atoms with E-state index < -0.39 is 15.6 Å². The molecule has 0 heterocycles. The zero-order chi connectivity index (χ0) is 67.4. The standard InChI is InChI=1S/2C27H24ClN3O3.2C5H5.2F6P.3Fe/c2*1-31(18-19-33-27(32)20-4-2-3-5-20)24-12-8-22(9-13-24)29-30-23-10-16-26(17-11-23)34-25-14-6-21(28)7-15-25;2*1-2-4-5-3-1;2*1-7(2,3,4,5)6;;;/h2*2-17,32H,18-19H2,1H3;2*1-5H;;;;;/q;;4*-1;3*+2/p-2. The van der Waals surface area contributed by atoms with Crippen LogP contribution in [-0.2, 0) is 60.7 Å². The van der Waals surface area contributed by atoms with E-state index in [1.165, 1.54) is 0 Å². The quantitative estimate of drug-likeness (QED) is 0.0207. The molecule has 8 aromatic carbocycles. The van der Waals surface area contributed by atoms with Crippen molar-refractivity contribution in [3.05, 3.63) is 288 Å². The Morgan fingerprint density at radius 3 is 0.832 bits per heavy atom.